The molecule has 0 unspecified atom stereocenters. The normalized spacial score (nSPS) is 18.3. The molecule has 3 aromatic heterocycles. The van der Waals surface area contributed by atoms with Gasteiger partial charge in [0, 0.05) is 60.4 Å². The van der Waals surface area contributed by atoms with E-state index in [2.05, 4.69) is 39.1 Å². The van der Waals surface area contributed by atoms with Gasteiger partial charge in [-0.1, -0.05) is 0 Å². The molecule has 2 atom stereocenters. The van der Waals surface area contributed by atoms with E-state index < -0.39 is 6.55 Å². The van der Waals surface area contributed by atoms with Gasteiger partial charge in [0.1, 0.15) is 17.4 Å². The third-order valence-electron chi connectivity index (χ3n) is 5.88. The number of alkyl halides is 2. The lowest BCUT2D eigenvalue weighted by molar-refractivity contribution is -0.00545. The zero-order valence-corrected chi connectivity index (χ0v) is 19.7. The average Bonchev–Trinajstić information content (AvgIpc) is 3.26. The number of methoxy groups -OCH3 is 1. The van der Waals surface area contributed by atoms with Crippen molar-refractivity contribution in [2.45, 2.75) is 32.6 Å². The summed E-state index contributed by atoms with van der Waals surface area (Å²) in [4.78, 5) is 11.2. The summed E-state index contributed by atoms with van der Waals surface area (Å²) in [7, 11) is 1.54. The minimum Gasteiger partial charge on any atom is -0.496 e. The molecule has 0 spiro atoms. The predicted octanol–water partition coefficient (Wildman–Crippen LogP) is 5.25. The van der Waals surface area contributed by atoms with Crippen molar-refractivity contribution in [2.75, 3.05) is 30.4 Å². The molecule has 1 fully saturated rings. The Morgan fingerprint density at radius 2 is 1.83 bits per heavy atom. The van der Waals surface area contributed by atoms with Crippen LogP contribution in [0.4, 0.5) is 26.1 Å². The first-order valence-corrected chi connectivity index (χ1v) is 11.3. The first-order chi connectivity index (χ1) is 16.9. The highest BCUT2D eigenvalue weighted by molar-refractivity contribution is 5.88. The molecular weight excluding hydrogens is 454 g/mol. The van der Waals surface area contributed by atoms with Crippen LogP contribution in [-0.2, 0) is 4.74 Å². The molecule has 8 nitrogen and oxygen atoms in total. The van der Waals surface area contributed by atoms with Gasteiger partial charge in [0.15, 0.2) is 0 Å². The molecule has 4 aromatic rings. The Morgan fingerprint density at radius 1 is 1.06 bits per heavy atom. The second kappa shape index (κ2) is 9.46. The van der Waals surface area contributed by atoms with E-state index in [9.17, 15) is 8.78 Å². The highest BCUT2D eigenvalue weighted by Crippen LogP contribution is 2.35. The van der Waals surface area contributed by atoms with Gasteiger partial charge >= 0.3 is 6.55 Å². The van der Waals surface area contributed by atoms with Gasteiger partial charge in [-0.05, 0) is 43.7 Å². The standard InChI is InChI=1S/C25H26F2N6O2/c1-15-12-32(13-16(2)35-15)24-10-19(5-7-29-24)30-23-9-17(4-6-28-23)20-8-18-14-33(25(26)27)31-21(18)11-22(20)34-3/h4-11,14-16,25H,12-13H2,1-3H3,(H,28,29,30)/t15-,16+. The number of ether oxygens (including phenoxy) is 2. The van der Waals surface area contributed by atoms with Crippen molar-refractivity contribution in [3.63, 3.8) is 0 Å². The van der Waals surface area contributed by atoms with E-state index in [1.165, 1.54) is 6.20 Å². The summed E-state index contributed by atoms with van der Waals surface area (Å²) in [5.74, 6) is 2.04. The first-order valence-electron chi connectivity index (χ1n) is 11.3. The molecule has 182 valence electrons. The van der Waals surface area contributed by atoms with Crippen LogP contribution in [0.1, 0.15) is 20.4 Å². The van der Waals surface area contributed by atoms with Crippen molar-refractivity contribution in [2.24, 2.45) is 0 Å². The summed E-state index contributed by atoms with van der Waals surface area (Å²) in [5.41, 5.74) is 2.88. The maximum atomic E-state index is 13.1. The molecule has 35 heavy (non-hydrogen) atoms. The number of morpholine rings is 1. The number of halogens is 2. The van der Waals surface area contributed by atoms with Crippen molar-refractivity contribution >= 4 is 28.2 Å². The Balaban J connectivity index is 1.42. The quantitative estimate of drug-likeness (QED) is 0.404. The van der Waals surface area contributed by atoms with Gasteiger partial charge in [-0.25, -0.2) is 14.6 Å². The number of anilines is 3. The SMILES string of the molecule is COc1cc2nn(C(F)F)cc2cc1-c1ccnc(Nc2ccnc(N3C[C@@H](C)O[C@@H](C)C3)c2)c1. The highest BCUT2D eigenvalue weighted by atomic mass is 19.3. The Kier molecular flexibility index (Phi) is 6.21. The molecule has 1 aliphatic heterocycles. The number of hydrogen-bond donors (Lipinski definition) is 1. The van der Waals surface area contributed by atoms with E-state index in [1.807, 2.05) is 24.3 Å². The molecule has 0 aliphatic carbocycles. The van der Waals surface area contributed by atoms with E-state index in [0.717, 1.165) is 35.7 Å². The number of fused-ring (bicyclic) bond motifs is 1. The van der Waals surface area contributed by atoms with E-state index in [4.69, 9.17) is 9.47 Å². The van der Waals surface area contributed by atoms with E-state index in [0.29, 0.717) is 27.2 Å². The van der Waals surface area contributed by atoms with Gasteiger partial charge in [-0.15, -0.1) is 0 Å². The van der Waals surface area contributed by atoms with Crippen molar-refractivity contribution < 1.29 is 18.3 Å². The molecule has 1 saturated heterocycles. The monoisotopic (exact) mass is 480 g/mol. The van der Waals surface area contributed by atoms with Crippen LogP contribution in [-0.4, -0.2) is 52.2 Å². The molecule has 0 saturated carbocycles. The first kappa shape index (κ1) is 23.0. The van der Waals surface area contributed by atoms with E-state index in [1.54, 1.807) is 31.6 Å². The van der Waals surface area contributed by atoms with Crippen LogP contribution < -0.4 is 15.0 Å². The summed E-state index contributed by atoms with van der Waals surface area (Å²) in [6.45, 7) is 2.97. The number of aromatic nitrogens is 4. The summed E-state index contributed by atoms with van der Waals surface area (Å²) in [6, 6.07) is 11.1. The van der Waals surface area contributed by atoms with Crippen LogP contribution in [0.5, 0.6) is 5.75 Å². The fourth-order valence-electron chi connectivity index (χ4n) is 4.41. The fraction of sp³-hybridized carbons (Fsp3) is 0.320. The third kappa shape index (κ3) is 4.88. The van der Waals surface area contributed by atoms with Gasteiger partial charge in [0.2, 0.25) is 0 Å². The van der Waals surface area contributed by atoms with Gasteiger partial charge in [-0.3, -0.25) is 0 Å². The number of pyridine rings is 2. The van der Waals surface area contributed by atoms with Gasteiger partial charge in [0.05, 0.1) is 24.8 Å². The number of nitrogens with one attached hydrogen (secondary N) is 1. The Hall–Kier alpha value is -3.79. The molecule has 4 heterocycles. The van der Waals surface area contributed by atoms with Crippen LogP contribution in [0, 0.1) is 0 Å². The predicted molar refractivity (Wildman–Crippen MR) is 131 cm³/mol. The maximum Gasteiger partial charge on any atom is 0.333 e. The number of hydrogen-bond acceptors (Lipinski definition) is 7. The fourth-order valence-corrected chi connectivity index (χ4v) is 4.41. The lowest BCUT2D eigenvalue weighted by Crippen LogP contribution is -2.45. The second-order valence-corrected chi connectivity index (χ2v) is 8.62. The lowest BCUT2D eigenvalue weighted by Gasteiger charge is -2.36. The van der Waals surface area contributed by atoms with Gasteiger partial charge in [-0.2, -0.15) is 13.9 Å². The van der Waals surface area contributed by atoms with Crippen LogP contribution in [0.2, 0.25) is 0 Å². The van der Waals surface area contributed by atoms with Crippen molar-refractivity contribution in [3.05, 3.63) is 55.0 Å². The second-order valence-electron chi connectivity index (χ2n) is 8.62. The molecule has 1 aliphatic rings. The van der Waals surface area contributed by atoms with Crippen molar-refractivity contribution in [1.82, 2.24) is 19.7 Å². The van der Waals surface area contributed by atoms with Gasteiger partial charge < -0.3 is 19.7 Å². The zero-order chi connectivity index (χ0) is 24.5. The molecule has 0 radical (unpaired) electrons. The Labute approximate surface area is 201 Å². The summed E-state index contributed by atoms with van der Waals surface area (Å²) in [6.07, 6.45) is 5.06. The van der Waals surface area contributed by atoms with Crippen LogP contribution >= 0.6 is 0 Å². The number of rotatable bonds is 6. The van der Waals surface area contributed by atoms with Crippen LogP contribution in [0.3, 0.4) is 0 Å². The number of nitrogens with zero attached hydrogens (tertiary/aromatic N) is 5. The molecule has 1 N–H and O–H groups in total. The zero-order valence-electron chi connectivity index (χ0n) is 19.7. The maximum absolute atomic E-state index is 13.1. The summed E-state index contributed by atoms with van der Waals surface area (Å²) < 4.78 is 38.2. The van der Waals surface area contributed by atoms with Gasteiger partial charge in [0.25, 0.3) is 0 Å². The molecule has 0 amide bonds. The smallest absolute Gasteiger partial charge is 0.333 e. The summed E-state index contributed by atoms with van der Waals surface area (Å²) >= 11 is 0. The van der Waals surface area contributed by atoms with E-state index in [-0.39, 0.29) is 12.2 Å². The largest absolute Gasteiger partial charge is 0.496 e. The third-order valence-corrected chi connectivity index (χ3v) is 5.88. The molecular formula is C25H26F2N6O2. The molecule has 5 rings (SSSR count). The average molecular weight is 481 g/mol. The minimum absolute atomic E-state index is 0.135. The van der Waals surface area contributed by atoms with Crippen LogP contribution in [0.15, 0.2) is 55.0 Å². The topological polar surface area (TPSA) is 77.3 Å². The van der Waals surface area contributed by atoms with Crippen molar-refractivity contribution in [1.29, 1.82) is 0 Å². The highest BCUT2D eigenvalue weighted by Gasteiger charge is 2.23. The van der Waals surface area contributed by atoms with Crippen LogP contribution in [0.25, 0.3) is 22.0 Å². The van der Waals surface area contributed by atoms with E-state index >= 15 is 0 Å². The minimum atomic E-state index is -2.71. The summed E-state index contributed by atoms with van der Waals surface area (Å²) in [5, 5.41) is 7.87. The molecule has 10 heteroatoms. The Morgan fingerprint density at radius 3 is 2.57 bits per heavy atom. The Bertz CT molecular complexity index is 1330. The molecule has 1 aromatic carbocycles. The lowest BCUT2D eigenvalue weighted by atomic mass is 10.0. The molecule has 0 bridgehead atoms. The number of benzene rings is 1. The van der Waals surface area contributed by atoms with Crippen molar-refractivity contribution in [3.8, 4) is 16.9 Å².